The molecule has 0 saturated carbocycles. The highest BCUT2D eigenvalue weighted by Gasteiger charge is 2.20. The fourth-order valence-electron chi connectivity index (χ4n) is 3.95. The van der Waals surface area contributed by atoms with Crippen LogP contribution in [0.4, 0.5) is 0 Å². The molecule has 0 atom stereocenters. The monoisotopic (exact) mass is 440 g/mol. The highest BCUT2D eigenvalue weighted by Crippen LogP contribution is 2.33. The van der Waals surface area contributed by atoms with Crippen LogP contribution in [-0.2, 0) is 4.74 Å². The van der Waals surface area contributed by atoms with Crippen LogP contribution in [-0.4, -0.2) is 49.2 Å². The Bertz CT molecular complexity index is 1270. The van der Waals surface area contributed by atoms with Gasteiger partial charge in [0.25, 0.3) is 5.91 Å². The van der Waals surface area contributed by atoms with E-state index in [4.69, 9.17) is 14.2 Å². The number of para-hydroxylation sites is 1. The van der Waals surface area contributed by atoms with E-state index in [9.17, 15) is 4.79 Å². The van der Waals surface area contributed by atoms with Crippen molar-refractivity contribution in [2.24, 2.45) is 0 Å². The van der Waals surface area contributed by atoms with E-state index >= 15 is 0 Å². The van der Waals surface area contributed by atoms with E-state index in [1.807, 2.05) is 83.8 Å². The first-order chi connectivity index (χ1) is 16.2. The lowest BCUT2D eigenvalue weighted by atomic mass is 9.99. The van der Waals surface area contributed by atoms with Gasteiger partial charge in [0.1, 0.15) is 11.5 Å². The number of benzene rings is 3. The molecule has 6 nitrogen and oxygen atoms in total. The minimum Gasteiger partial charge on any atom is -0.481 e. The van der Waals surface area contributed by atoms with Crippen LogP contribution < -0.4 is 9.47 Å². The first-order valence-electron chi connectivity index (χ1n) is 10.9. The summed E-state index contributed by atoms with van der Waals surface area (Å²) in [7, 11) is 1.60. The Morgan fingerprint density at radius 1 is 0.909 bits per heavy atom. The number of aromatic nitrogens is 1. The van der Waals surface area contributed by atoms with Gasteiger partial charge in [0.05, 0.1) is 25.8 Å². The molecule has 1 fully saturated rings. The van der Waals surface area contributed by atoms with Crippen LogP contribution in [0.2, 0.25) is 0 Å². The number of amides is 1. The van der Waals surface area contributed by atoms with Gasteiger partial charge in [-0.2, -0.15) is 0 Å². The summed E-state index contributed by atoms with van der Waals surface area (Å²) >= 11 is 0. The molecule has 5 rings (SSSR count). The van der Waals surface area contributed by atoms with Crippen LogP contribution in [0.25, 0.3) is 22.0 Å². The Kier molecular flexibility index (Phi) is 5.91. The van der Waals surface area contributed by atoms with Gasteiger partial charge in [-0.3, -0.25) is 4.79 Å². The van der Waals surface area contributed by atoms with Gasteiger partial charge in [-0.25, -0.2) is 4.98 Å². The van der Waals surface area contributed by atoms with Crippen molar-refractivity contribution in [2.75, 3.05) is 33.4 Å². The molecule has 2 heterocycles. The lowest BCUT2D eigenvalue weighted by Gasteiger charge is -2.27. The molecule has 1 amide bonds. The fourth-order valence-corrected chi connectivity index (χ4v) is 3.95. The molecule has 4 aromatic rings. The molecule has 1 aromatic heterocycles. The average Bonchev–Trinajstić information content (AvgIpc) is 2.89. The minimum absolute atomic E-state index is 0.00794. The third-order valence-corrected chi connectivity index (χ3v) is 5.68. The molecular formula is C27H24N2O4. The Morgan fingerprint density at radius 2 is 1.64 bits per heavy atom. The van der Waals surface area contributed by atoms with Crippen molar-refractivity contribution in [3.05, 3.63) is 84.4 Å². The molecule has 0 spiro atoms. The van der Waals surface area contributed by atoms with Gasteiger partial charge >= 0.3 is 0 Å². The second-order valence-corrected chi connectivity index (χ2v) is 7.79. The summed E-state index contributed by atoms with van der Waals surface area (Å²) < 4.78 is 16.7. The molecule has 0 radical (unpaired) electrons. The van der Waals surface area contributed by atoms with Crippen LogP contribution in [0, 0.1) is 0 Å². The Balaban J connectivity index is 1.51. The number of ether oxygens (including phenoxy) is 3. The van der Waals surface area contributed by atoms with E-state index in [0.29, 0.717) is 37.7 Å². The quantitative estimate of drug-likeness (QED) is 0.428. The van der Waals surface area contributed by atoms with Gasteiger partial charge < -0.3 is 19.1 Å². The number of pyridine rings is 1. The predicted octanol–water partition coefficient (Wildman–Crippen LogP) is 5.18. The molecule has 6 heteroatoms. The van der Waals surface area contributed by atoms with Crippen molar-refractivity contribution in [1.82, 2.24) is 9.88 Å². The van der Waals surface area contributed by atoms with E-state index in [0.717, 1.165) is 33.5 Å². The van der Waals surface area contributed by atoms with Gasteiger partial charge in [-0.15, -0.1) is 0 Å². The summed E-state index contributed by atoms with van der Waals surface area (Å²) in [5, 5.41) is 0.895. The van der Waals surface area contributed by atoms with Crippen LogP contribution in [0.5, 0.6) is 17.4 Å². The third-order valence-electron chi connectivity index (χ3n) is 5.68. The fraction of sp³-hybridized carbons (Fsp3) is 0.185. The lowest BCUT2D eigenvalue weighted by molar-refractivity contribution is 0.0303. The summed E-state index contributed by atoms with van der Waals surface area (Å²) in [6.07, 6.45) is 0. The van der Waals surface area contributed by atoms with E-state index in [-0.39, 0.29) is 5.91 Å². The molecule has 0 unspecified atom stereocenters. The van der Waals surface area contributed by atoms with E-state index in [1.54, 1.807) is 7.11 Å². The number of hydrogen-bond donors (Lipinski definition) is 0. The molecule has 0 bridgehead atoms. The van der Waals surface area contributed by atoms with E-state index < -0.39 is 0 Å². The number of hydrogen-bond acceptors (Lipinski definition) is 5. The Labute approximate surface area is 192 Å². The Hall–Kier alpha value is -3.90. The van der Waals surface area contributed by atoms with Crippen molar-refractivity contribution in [2.45, 2.75) is 0 Å². The molecule has 1 aliphatic rings. The van der Waals surface area contributed by atoms with Gasteiger partial charge in [-0.05, 0) is 53.6 Å². The van der Waals surface area contributed by atoms with E-state index in [1.165, 1.54) is 0 Å². The van der Waals surface area contributed by atoms with Gasteiger partial charge in [0.2, 0.25) is 5.88 Å². The maximum atomic E-state index is 13.0. The number of morpholine rings is 1. The van der Waals surface area contributed by atoms with Crippen molar-refractivity contribution < 1.29 is 19.0 Å². The number of carbonyl (C=O) groups is 1. The highest BCUT2D eigenvalue weighted by atomic mass is 16.5. The Morgan fingerprint density at radius 3 is 2.36 bits per heavy atom. The zero-order valence-electron chi connectivity index (χ0n) is 18.4. The number of methoxy groups -OCH3 is 1. The second kappa shape index (κ2) is 9.30. The first kappa shape index (κ1) is 21.0. The first-order valence-corrected chi connectivity index (χ1v) is 10.9. The van der Waals surface area contributed by atoms with E-state index in [2.05, 4.69) is 4.98 Å². The topological polar surface area (TPSA) is 60.9 Å². The summed E-state index contributed by atoms with van der Waals surface area (Å²) in [6, 6.07) is 25.1. The van der Waals surface area contributed by atoms with Crippen molar-refractivity contribution in [3.63, 3.8) is 0 Å². The molecule has 1 saturated heterocycles. The molecule has 33 heavy (non-hydrogen) atoms. The van der Waals surface area contributed by atoms with Crippen molar-refractivity contribution in [3.8, 4) is 28.5 Å². The molecule has 1 aliphatic heterocycles. The number of fused-ring (bicyclic) bond motifs is 1. The number of carbonyl (C=O) groups excluding carboxylic acids is 1. The van der Waals surface area contributed by atoms with Gasteiger partial charge in [0.15, 0.2) is 0 Å². The molecular weight excluding hydrogens is 416 g/mol. The van der Waals surface area contributed by atoms with Crippen molar-refractivity contribution in [1.29, 1.82) is 0 Å². The largest absolute Gasteiger partial charge is 0.481 e. The number of rotatable bonds is 5. The SMILES string of the molecule is COc1cc(-c2ccc(Oc3ccccc3)cc2)c2cc(C(=O)N3CCOCC3)ccc2n1. The van der Waals surface area contributed by atoms with Crippen LogP contribution in [0.1, 0.15) is 10.4 Å². The molecule has 0 N–H and O–H groups in total. The van der Waals surface area contributed by atoms with Crippen molar-refractivity contribution >= 4 is 16.8 Å². The normalized spacial score (nSPS) is 13.7. The smallest absolute Gasteiger partial charge is 0.254 e. The standard InChI is InChI=1S/C27H24N2O4/c1-31-26-18-23(19-7-10-22(11-8-19)33-21-5-3-2-4-6-21)24-17-20(9-12-25(24)28-26)27(30)29-13-15-32-16-14-29/h2-12,17-18H,13-16H2,1H3. The summed E-state index contributed by atoms with van der Waals surface area (Å²) in [4.78, 5) is 19.4. The van der Waals surface area contributed by atoms with Gasteiger partial charge in [0, 0.05) is 30.1 Å². The predicted molar refractivity (Wildman–Crippen MR) is 127 cm³/mol. The lowest BCUT2D eigenvalue weighted by Crippen LogP contribution is -2.40. The minimum atomic E-state index is 0.00794. The molecule has 0 aliphatic carbocycles. The summed E-state index contributed by atoms with van der Waals surface area (Å²) in [5.74, 6) is 2.06. The van der Waals surface area contributed by atoms with Crippen LogP contribution in [0.15, 0.2) is 78.9 Å². The summed E-state index contributed by atoms with van der Waals surface area (Å²) in [5.41, 5.74) is 3.34. The second-order valence-electron chi connectivity index (χ2n) is 7.79. The summed E-state index contributed by atoms with van der Waals surface area (Å²) in [6.45, 7) is 2.35. The average molecular weight is 440 g/mol. The van der Waals surface area contributed by atoms with Crippen LogP contribution >= 0.6 is 0 Å². The van der Waals surface area contributed by atoms with Gasteiger partial charge in [-0.1, -0.05) is 30.3 Å². The molecule has 166 valence electrons. The molecule has 3 aromatic carbocycles. The zero-order chi connectivity index (χ0) is 22.6. The maximum absolute atomic E-state index is 13.0. The maximum Gasteiger partial charge on any atom is 0.254 e. The number of nitrogens with zero attached hydrogens (tertiary/aromatic N) is 2. The third kappa shape index (κ3) is 4.52. The van der Waals surface area contributed by atoms with Crippen LogP contribution in [0.3, 0.4) is 0 Å². The zero-order valence-corrected chi connectivity index (χ0v) is 18.4. The highest BCUT2D eigenvalue weighted by molar-refractivity contribution is 6.02.